The smallest absolute Gasteiger partial charge is 0.243 e. The van der Waals surface area contributed by atoms with Gasteiger partial charge in [-0.1, -0.05) is 36.4 Å². The van der Waals surface area contributed by atoms with Gasteiger partial charge in [0.05, 0.1) is 10.6 Å². The van der Waals surface area contributed by atoms with Crippen molar-refractivity contribution in [3.8, 4) is 5.75 Å². The third kappa shape index (κ3) is 3.52. The van der Waals surface area contributed by atoms with Crippen LogP contribution in [0.4, 0.5) is 11.4 Å². The summed E-state index contributed by atoms with van der Waals surface area (Å²) in [5.41, 5.74) is 1.73. The molecule has 0 atom stereocenters. The van der Waals surface area contributed by atoms with Crippen molar-refractivity contribution in [1.29, 1.82) is 0 Å². The number of sulfonamides is 1. The average Bonchev–Trinajstić information content (AvgIpc) is 2.73. The van der Waals surface area contributed by atoms with E-state index < -0.39 is 10.0 Å². The van der Waals surface area contributed by atoms with Crippen molar-refractivity contribution in [1.82, 2.24) is 4.31 Å². The fourth-order valence-electron chi connectivity index (χ4n) is 3.92. The van der Waals surface area contributed by atoms with Gasteiger partial charge in [-0.3, -0.25) is 0 Å². The predicted molar refractivity (Wildman–Crippen MR) is 117 cm³/mol. The Hall–Kier alpha value is -2.77. The SMILES string of the molecule is CN(C)c1cccc2c(S(=O)(=O)N3CCN(c4ccccc4O)CC3)cccc12. The highest BCUT2D eigenvalue weighted by molar-refractivity contribution is 7.89. The van der Waals surface area contributed by atoms with Gasteiger partial charge in [0.15, 0.2) is 0 Å². The standard InChI is InChI=1S/C22H25N3O3S/c1-23(2)19-10-5-8-18-17(19)7-6-12-22(18)29(27,28)25-15-13-24(14-16-25)20-9-3-4-11-21(20)26/h3-12,26H,13-16H2,1-2H3. The van der Waals surface area contributed by atoms with Crippen molar-refractivity contribution in [3.63, 3.8) is 0 Å². The quantitative estimate of drug-likeness (QED) is 0.715. The van der Waals surface area contributed by atoms with Gasteiger partial charge < -0.3 is 14.9 Å². The number of hydrogen-bond acceptors (Lipinski definition) is 5. The van der Waals surface area contributed by atoms with Crippen LogP contribution in [-0.4, -0.2) is 58.1 Å². The van der Waals surface area contributed by atoms with Crippen molar-refractivity contribution in [2.24, 2.45) is 0 Å². The minimum absolute atomic E-state index is 0.217. The molecule has 1 heterocycles. The summed E-state index contributed by atoms with van der Waals surface area (Å²) in [5.74, 6) is 0.217. The zero-order chi connectivity index (χ0) is 20.6. The van der Waals surface area contributed by atoms with Gasteiger partial charge in [0, 0.05) is 56.7 Å². The Balaban J connectivity index is 1.64. The van der Waals surface area contributed by atoms with Crippen molar-refractivity contribution in [2.75, 3.05) is 50.1 Å². The lowest BCUT2D eigenvalue weighted by atomic mass is 10.1. The van der Waals surface area contributed by atoms with Gasteiger partial charge >= 0.3 is 0 Å². The second kappa shape index (κ2) is 7.57. The molecule has 6 nitrogen and oxygen atoms in total. The first-order valence-electron chi connectivity index (χ1n) is 9.62. The third-order valence-electron chi connectivity index (χ3n) is 5.42. The Labute approximate surface area is 171 Å². The predicted octanol–water partition coefficient (Wildman–Crippen LogP) is 3.12. The Morgan fingerprint density at radius 3 is 2.17 bits per heavy atom. The summed E-state index contributed by atoms with van der Waals surface area (Å²) >= 11 is 0. The van der Waals surface area contributed by atoms with E-state index in [4.69, 9.17) is 0 Å². The van der Waals surface area contributed by atoms with E-state index in [2.05, 4.69) is 0 Å². The molecule has 0 bridgehead atoms. The van der Waals surface area contributed by atoms with Gasteiger partial charge in [0.1, 0.15) is 5.75 Å². The highest BCUT2D eigenvalue weighted by Gasteiger charge is 2.30. The lowest BCUT2D eigenvalue weighted by Gasteiger charge is -2.35. The van der Waals surface area contributed by atoms with Gasteiger partial charge in [0.25, 0.3) is 0 Å². The molecule has 3 aromatic carbocycles. The van der Waals surface area contributed by atoms with Crippen LogP contribution in [0.3, 0.4) is 0 Å². The van der Waals surface area contributed by atoms with E-state index in [-0.39, 0.29) is 5.75 Å². The number of fused-ring (bicyclic) bond motifs is 1. The number of hydrogen-bond donors (Lipinski definition) is 1. The van der Waals surface area contributed by atoms with Crippen LogP contribution in [0.25, 0.3) is 10.8 Å². The third-order valence-corrected chi connectivity index (χ3v) is 7.38. The lowest BCUT2D eigenvalue weighted by molar-refractivity contribution is 0.382. The average molecular weight is 412 g/mol. The van der Waals surface area contributed by atoms with Crippen LogP contribution in [-0.2, 0) is 10.0 Å². The maximum absolute atomic E-state index is 13.4. The Morgan fingerprint density at radius 2 is 1.48 bits per heavy atom. The summed E-state index contributed by atoms with van der Waals surface area (Å²) < 4.78 is 28.4. The van der Waals surface area contributed by atoms with E-state index in [1.807, 2.05) is 60.3 Å². The Morgan fingerprint density at radius 1 is 0.828 bits per heavy atom. The van der Waals surface area contributed by atoms with Crippen molar-refractivity contribution in [3.05, 3.63) is 60.7 Å². The summed E-state index contributed by atoms with van der Waals surface area (Å²) in [7, 11) is 0.284. The number of para-hydroxylation sites is 2. The monoisotopic (exact) mass is 411 g/mol. The Kier molecular flexibility index (Phi) is 5.10. The molecule has 0 unspecified atom stereocenters. The fraction of sp³-hybridized carbons (Fsp3) is 0.273. The first kappa shape index (κ1) is 19.5. The van der Waals surface area contributed by atoms with Crippen molar-refractivity contribution in [2.45, 2.75) is 4.90 Å². The number of nitrogens with zero attached hydrogens (tertiary/aromatic N) is 3. The van der Waals surface area contributed by atoms with E-state index in [1.165, 1.54) is 0 Å². The van der Waals surface area contributed by atoms with Gasteiger partial charge in [-0.05, 0) is 24.3 Å². The van der Waals surface area contributed by atoms with Crippen LogP contribution in [0.2, 0.25) is 0 Å². The summed E-state index contributed by atoms with van der Waals surface area (Å²) in [6, 6.07) is 18.4. The molecule has 0 amide bonds. The molecule has 29 heavy (non-hydrogen) atoms. The van der Waals surface area contributed by atoms with E-state index in [0.717, 1.165) is 22.1 Å². The van der Waals surface area contributed by atoms with Crippen LogP contribution in [0.15, 0.2) is 65.6 Å². The van der Waals surface area contributed by atoms with Crippen LogP contribution in [0, 0.1) is 0 Å². The molecule has 7 heteroatoms. The lowest BCUT2D eigenvalue weighted by Crippen LogP contribution is -2.48. The summed E-state index contributed by atoms with van der Waals surface area (Å²) in [6.07, 6.45) is 0. The number of aromatic hydroxyl groups is 1. The van der Waals surface area contributed by atoms with Crippen LogP contribution in [0.1, 0.15) is 0 Å². The van der Waals surface area contributed by atoms with E-state index >= 15 is 0 Å². The van der Waals surface area contributed by atoms with E-state index in [9.17, 15) is 13.5 Å². The molecule has 0 aromatic heterocycles. The minimum Gasteiger partial charge on any atom is -0.506 e. The largest absolute Gasteiger partial charge is 0.506 e. The van der Waals surface area contributed by atoms with Gasteiger partial charge in [0.2, 0.25) is 10.0 Å². The minimum atomic E-state index is -3.62. The van der Waals surface area contributed by atoms with Crippen LogP contribution < -0.4 is 9.80 Å². The topological polar surface area (TPSA) is 64.1 Å². The first-order chi connectivity index (χ1) is 13.9. The first-order valence-corrected chi connectivity index (χ1v) is 11.1. The number of rotatable bonds is 4. The molecule has 0 aliphatic carbocycles. The van der Waals surface area contributed by atoms with Gasteiger partial charge in [-0.25, -0.2) is 8.42 Å². The summed E-state index contributed by atoms with van der Waals surface area (Å²) in [5, 5.41) is 11.7. The maximum Gasteiger partial charge on any atom is 0.243 e. The highest BCUT2D eigenvalue weighted by Crippen LogP contribution is 2.33. The second-order valence-corrected chi connectivity index (χ2v) is 9.31. The second-order valence-electron chi connectivity index (χ2n) is 7.40. The normalized spacial score (nSPS) is 15.6. The molecule has 3 aromatic rings. The molecule has 4 rings (SSSR count). The molecule has 0 radical (unpaired) electrons. The maximum atomic E-state index is 13.4. The van der Waals surface area contributed by atoms with Gasteiger partial charge in [-0.2, -0.15) is 4.31 Å². The number of benzene rings is 3. The van der Waals surface area contributed by atoms with Crippen molar-refractivity contribution >= 4 is 32.2 Å². The molecule has 0 spiro atoms. The molecule has 152 valence electrons. The highest BCUT2D eigenvalue weighted by atomic mass is 32.2. The number of phenolic OH excluding ortho intramolecular Hbond substituents is 1. The Bertz CT molecular complexity index is 1140. The molecule has 1 aliphatic rings. The molecular formula is C22H25N3O3S. The number of phenols is 1. The van der Waals surface area contributed by atoms with E-state index in [1.54, 1.807) is 28.6 Å². The summed E-state index contributed by atoms with van der Waals surface area (Å²) in [4.78, 5) is 4.35. The van der Waals surface area contributed by atoms with E-state index in [0.29, 0.717) is 31.1 Å². The molecule has 1 fully saturated rings. The van der Waals surface area contributed by atoms with Gasteiger partial charge in [-0.15, -0.1) is 0 Å². The number of anilines is 2. The van der Waals surface area contributed by atoms with Crippen LogP contribution in [0.5, 0.6) is 5.75 Å². The zero-order valence-corrected chi connectivity index (χ0v) is 17.4. The van der Waals surface area contributed by atoms with Crippen molar-refractivity contribution < 1.29 is 13.5 Å². The molecular weight excluding hydrogens is 386 g/mol. The fourth-order valence-corrected chi connectivity index (χ4v) is 5.55. The zero-order valence-electron chi connectivity index (χ0n) is 16.6. The molecule has 1 N–H and O–H groups in total. The molecule has 1 saturated heterocycles. The number of piperazine rings is 1. The van der Waals surface area contributed by atoms with Crippen LogP contribution >= 0.6 is 0 Å². The molecule has 1 aliphatic heterocycles. The molecule has 0 saturated carbocycles. The summed E-state index contributed by atoms with van der Waals surface area (Å²) in [6.45, 7) is 1.82.